The molecule has 2 rings (SSSR count). The minimum absolute atomic E-state index is 0.0133. The van der Waals surface area contributed by atoms with Crippen molar-refractivity contribution in [3.05, 3.63) is 38.9 Å². The molecule has 0 saturated heterocycles. The van der Waals surface area contributed by atoms with E-state index in [1.165, 1.54) is 18.2 Å². The van der Waals surface area contributed by atoms with Crippen LogP contribution in [0.4, 0.5) is 5.69 Å². The molecule has 0 aromatic heterocycles. The lowest BCUT2D eigenvalue weighted by molar-refractivity contribution is -0.384. The lowest BCUT2D eigenvalue weighted by Gasteiger charge is -2.30. The SMILES string of the molecule is CC1(CO)CCCC1NC(=O)c1cc([N+](=O)[O-])ccc1Cl. The summed E-state index contributed by atoms with van der Waals surface area (Å²) in [7, 11) is 0. The fourth-order valence-electron chi connectivity index (χ4n) is 2.71. The van der Waals surface area contributed by atoms with Crippen molar-refractivity contribution in [2.45, 2.75) is 32.2 Å². The van der Waals surface area contributed by atoms with Gasteiger partial charge < -0.3 is 10.4 Å². The summed E-state index contributed by atoms with van der Waals surface area (Å²) >= 11 is 5.95. The molecule has 1 aromatic rings. The second-order valence-corrected chi connectivity index (χ2v) is 6.06. The van der Waals surface area contributed by atoms with E-state index in [-0.39, 0.29) is 34.3 Å². The van der Waals surface area contributed by atoms with Crippen molar-refractivity contribution in [1.29, 1.82) is 0 Å². The molecule has 1 saturated carbocycles. The molecule has 2 N–H and O–H groups in total. The van der Waals surface area contributed by atoms with Gasteiger partial charge in [0.1, 0.15) is 0 Å². The maximum atomic E-state index is 12.3. The monoisotopic (exact) mass is 312 g/mol. The number of hydrogen-bond donors (Lipinski definition) is 2. The Hall–Kier alpha value is -1.66. The fraction of sp³-hybridized carbons (Fsp3) is 0.500. The smallest absolute Gasteiger partial charge is 0.270 e. The van der Waals surface area contributed by atoms with Crippen LogP contribution in [0, 0.1) is 15.5 Å². The highest BCUT2D eigenvalue weighted by Crippen LogP contribution is 2.37. The number of nitrogens with one attached hydrogen (secondary N) is 1. The minimum atomic E-state index is -0.569. The minimum Gasteiger partial charge on any atom is -0.396 e. The molecule has 7 heteroatoms. The van der Waals surface area contributed by atoms with Crippen molar-refractivity contribution in [1.82, 2.24) is 5.32 Å². The molecule has 1 fully saturated rings. The molecule has 0 bridgehead atoms. The molecule has 1 aromatic carbocycles. The highest BCUT2D eigenvalue weighted by atomic mass is 35.5. The highest BCUT2D eigenvalue weighted by Gasteiger charge is 2.39. The number of non-ortho nitro benzene ring substituents is 1. The average molecular weight is 313 g/mol. The zero-order chi connectivity index (χ0) is 15.6. The summed E-state index contributed by atoms with van der Waals surface area (Å²) in [5.41, 5.74) is -0.456. The van der Waals surface area contributed by atoms with Crippen LogP contribution in [0.3, 0.4) is 0 Å². The van der Waals surface area contributed by atoms with Gasteiger partial charge >= 0.3 is 0 Å². The van der Waals surface area contributed by atoms with E-state index in [4.69, 9.17) is 11.6 Å². The van der Waals surface area contributed by atoms with Crippen LogP contribution in [-0.4, -0.2) is 28.6 Å². The van der Waals surface area contributed by atoms with Gasteiger partial charge in [0.25, 0.3) is 11.6 Å². The Morgan fingerprint density at radius 1 is 1.62 bits per heavy atom. The topological polar surface area (TPSA) is 92.5 Å². The van der Waals surface area contributed by atoms with Crippen LogP contribution in [0.25, 0.3) is 0 Å². The Morgan fingerprint density at radius 3 is 2.95 bits per heavy atom. The van der Waals surface area contributed by atoms with Gasteiger partial charge in [0, 0.05) is 23.6 Å². The molecule has 0 aliphatic heterocycles. The van der Waals surface area contributed by atoms with Gasteiger partial charge in [-0.15, -0.1) is 0 Å². The van der Waals surface area contributed by atoms with Crippen LogP contribution >= 0.6 is 11.6 Å². The van der Waals surface area contributed by atoms with Crippen molar-refractivity contribution >= 4 is 23.2 Å². The molecule has 0 spiro atoms. The Balaban J connectivity index is 2.21. The molecule has 0 radical (unpaired) electrons. The van der Waals surface area contributed by atoms with Gasteiger partial charge in [0.15, 0.2) is 0 Å². The van der Waals surface area contributed by atoms with E-state index in [0.29, 0.717) is 0 Å². The molecule has 1 aliphatic rings. The number of nitro groups is 1. The van der Waals surface area contributed by atoms with E-state index >= 15 is 0 Å². The Morgan fingerprint density at radius 2 is 2.33 bits per heavy atom. The van der Waals surface area contributed by atoms with Crippen molar-refractivity contribution < 1.29 is 14.8 Å². The van der Waals surface area contributed by atoms with Gasteiger partial charge in [0.2, 0.25) is 0 Å². The van der Waals surface area contributed by atoms with Gasteiger partial charge in [-0.3, -0.25) is 14.9 Å². The lowest BCUT2D eigenvalue weighted by atomic mass is 9.85. The Labute approximate surface area is 127 Å². The van der Waals surface area contributed by atoms with E-state index < -0.39 is 10.8 Å². The van der Waals surface area contributed by atoms with Crippen LogP contribution in [0.5, 0.6) is 0 Å². The third-order valence-corrected chi connectivity index (χ3v) is 4.48. The zero-order valence-corrected chi connectivity index (χ0v) is 12.4. The first-order valence-electron chi connectivity index (χ1n) is 6.73. The van der Waals surface area contributed by atoms with E-state index in [0.717, 1.165) is 19.3 Å². The molecule has 2 atom stereocenters. The van der Waals surface area contributed by atoms with Gasteiger partial charge in [-0.05, 0) is 18.9 Å². The van der Waals surface area contributed by atoms with Gasteiger partial charge in [-0.25, -0.2) is 0 Å². The third-order valence-electron chi connectivity index (χ3n) is 4.15. The quantitative estimate of drug-likeness (QED) is 0.660. The second-order valence-electron chi connectivity index (χ2n) is 5.65. The molecule has 6 nitrogen and oxygen atoms in total. The number of carbonyl (C=O) groups is 1. The van der Waals surface area contributed by atoms with Crippen LogP contribution in [0.1, 0.15) is 36.5 Å². The summed E-state index contributed by atoms with van der Waals surface area (Å²) in [6, 6.07) is 3.61. The normalized spacial score (nSPS) is 24.8. The molecule has 21 heavy (non-hydrogen) atoms. The second kappa shape index (κ2) is 5.99. The van der Waals surface area contributed by atoms with Crippen LogP contribution in [0.2, 0.25) is 5.02 Å². The number of benzene rings is 1. The van der Waals surface area contributed by atoms with Crippen molar-refractivity contribution in [2.24, 2.45) is 5.41 Å². The Bertz CT molecular complexity index is 578. The first-order valence-corrected chi connectivity index (χ1v) is 7.11. The molecular formula is C14H17ClN2O4. The summed E-state index contributed by atoms with van der Waals surface area (Å²) in [6.07, 6.45) is 2.52. The number of nitro benzene ring substituents is 1. The molecule has 114 valence electrons. The predicted octanol–water partition coefficient (Wildman–Crippen LogP) is 2.53. The molecule has 2 unspecified atom stereocenters. The van der Waals surface area contributed by atoms with E-state index in [1.54, 1.807) is 0 Å². The van der Waals surface area contributed by atoms with Crippen molar-refractivity contribution in [3.63, 3.8) is 0 Å². The number of carbonyl (C=O) groups excluding carboxylic acids is 1. The van der Waals surface area contributed by atoms with Crippen LogP contribution < -0.4 is 5.32 Å². The number of hydrogen-bond acceptors (Lipinski definition) is 4. The summed E-state index contributed by atoms with van der Waals surface area (Å²) < 4.78 is 0. The number of nitrogens with zero attached hydrogens (tertiary/aromatic N) is 1. The van der Waals surface area contributed by atoms with Gasteiger partial charge in [-0.2, -0.15) is 0 Å². The summed E-state index contributed by atoms with van der Waals surface area (Å²) in [4.78, 5) is 22.5. The lowest BCUT2D eigenvalue weighted by Crippen LogP contribution is -2.44. The van der Waals surface area contributed by atoms with E-state index in [1.807, 2.05) is 6.92 Å². The average Bonchev–Trinajstić information content (AvgIpc) is 2.81. The molecular weight excluding hydrogens is 296 g/mol. The first kappa shape index (κ1) is 15.7. The molecule has 1 aliphatic carbocycles. The summed E-state index contributed by atoms with van der Waals surface area (Å²) in [6.45, 7) is 1.90. The Kier molecular flexibility index (Phi) is 4.49. The zero-order valence-electron chi connectivity index (χ0n) is 11.6. The number of aliphatic hydroxyl groups excluding tert-OH is 1. The first-order chi connectivity index (χ1) is 9.87. The predicted molar refractivity (Wildman–Crippen MR) is 78.4 cm³/mol. The van der Waals surface area contributed by atoms with Gasteiger partial charge in [0.05, 0.1) is 22.1 Å². The van der Waals surface area contributed by atoms with Crippen molar-refractivity contribution in [3.8, 4) is 0 Å². The molecule has 0 heterocycles. The van der Waals surface area contributed by atoms with Crippen LogP contribution in [0.15, 0.2) is 18.2 Å². The van der Waals surface area contributed by atoms with Crippen LogP contribution in [-0.2, 0) is 0 Å². The summed E-state index contributed by atoms with van der Waals surface area (Å²) in [5, 5.41) is 23.3. The number of amides is 1. The standard InChI is InChI=1S/C14H17ClN2O4/c1-14(8-18)6-2-3-12(14)16-13(19)10-7-9(17(20)21)4-5-11(10)15/h4-5,7,12,18H,2-3,6,8H2,1H3,(H,16,19). The number of aliphatic hydroxyl groups is 1. The largest absolute Gasteiger partial charge is 0.396 e. The highest BCUT2D eigenvalue weighted by molar-refractivity contribution is 6.33. The fourth-order valence-corrected chi connectivity index (χ4v) is 2.91. The molecule has 1 amide bonds. The van der Waals surface area contributed by atoms with Gasteiger partial charge in [-0.1, -0.05) is 24.9 Å². The summed E-state index contributed by atoms with van der Waals surface area (Å²) in [5.74, 6) is -0.449. The maximum absolute atomic E-state index is 12.3. The van der Waals surface area contributed by atoms with E-state index in [9.17, 15) is 20.0 Å². The van der Waals surface area contributed by atoms with E-state index in [2.05, 4.69) is 5.32 Å². The number of halogens is 1. The number of rotatable bonds is 4. The van der Waals surface area contributed by atoms with Crippen molar-refractivity contribution in [2.75, 3.05) is 6.61 Å². The third kappa shape index (κ3) is 3.16. The maximum Gasteiger partial charge on any atom is 0.270 e.